The number of hydrogen-bond acceptors (Lipinski definition) is 6. The molecular weight excluding hydrogens is 377 g/mol. The van der Waals surface area contributed by atoms with Gasteiger partial charge in [0.05, 0.1) is 21.3 Å². The van der Waals surface area contributed by atoms with E-state index in [0.29, 0.717) is 0 Å². The van der Waals surface area contributed by atoms with Gasteiger partial charge in [-0.2, -0.15) is 5.26 Å². The molecule has 0 spiro atoms. The van der Waals surface area contributed by atoms with E-state index >= 15 is 0 Å². The highest BCUT2D eigenvalue weighted by Gasteiger charge is 2.40. The first-order chi connectivity index (χ1) is 11.7. The molecule has 0 aliphatic rings. The van der Waals surface area contributed by atoms with Crippen LogP contribution in [-0.2, 0) is 16.9 Å². The van der Waals surface area contributed by atoms with Gasteiger partial charge in [-0.3, -0.25) is 10.1 Å². The van der Waals surface area contributed by atoms with Gasteiger partial charge in [0.25, 0.3) is 5.69 Å². The highest BCUT2D eigenvalue weighted by atomic mass is 32.2. The van der Waals surface area contributed by atoms with Crippen LogP contribution in [0.25, 0.3) is 0 Å². The molecular formula is C17H24FN3O3S2. The Morgan fingerprint density at radius 1 is 1.31 bits per heavy atom. The molecule has 1 aromatic rings. The standard InChI is InChI=1S/C17H24FN3O3S2/c1-15(2,3)26(24)20-17(6,11-25-16(4,5)10-19)13-9-12(21(22)23)7-8-14(13)18/h7-9,20H,11H2,1-6H3/t17-,26+/m0/s1. The zero-order valence-electron chi connectivity index (χ0n) is 15.8. The van der Waals surface area contributed by atoms with Crippen LogP contribution < -0.4 is 4.72 Å². The second-order valence-corrected chi connectivity index (χ2v) is 11.2. The predicted octanol–water partition coefficient (Wildman–Crippen LogP) is 4.04. The van der Waals surface area contributed by atoms with Gasteiger partial charge >= 0.3 is 0 Å². The number of nitriles is 1. The van der Waals surface area contributed by atoms with Crippen LogP contribution in [0.5, 0.6) is 0 Å². The lowest BCUT2D eigenvalue weighted by atomic mass is 9.94. The van der Waals surface area contributed by atoms with Gasteiger partial charge in [0.15, 0.2) is 0 Å². The molecule has 1 N–H and O–H groups in total. The Labute approximate surface area is 161 Å². The number of nitrogens with one attached hydrogen (secondary N) is 1. The van der Waals surface area contributed by atoms with Gasteiger partial charge < -0.3 is 4.55 Å². The lowest BCUT2D eigenvalue weighted by Crippen LogP contribution is -2.52. The van der Waals surface area contributed by atoms with E-state index in [9.17, 15) is 24.3 Å². The topological polar surface area (TPSA) is 102 Å². The van der Waals surface area contributed by atoms with E-state index in [4.69, 9.17) is 0 Å². The maximum atomic E-state index is 14.5. The van der Waals surface area contributed by atoms with Crippen molar-refractivity contribution in [2.24, 2.45) is 0 Å². The maximum Gasteiger partial charge on any atom is 0.269 e. The predicted molar refractivity (Wildman–Crippen MR) is 104 cm³/mol. The van der Waals surface area contributed by atoms with Gasteiger partial charge in [0, 0.05) is 34.8 Å². The molecule has 0 unspecified atom stereocenters. The molecule has 9 heteroatoms. The zero-order valence-corrected chi connectivity index (χ0v) is 17.4. The first kappa shape index (κ1) is 22.7. The fraction of sp³-hybridized carbons (Fsp3) is 0.588. The number of nitro groups is 1. The quantitative estimate of drug-likeness (QED) is 0.420. The van der Waals surface area contributed by atoms with E-state index in [1.54, 1.807) is 41.5 Å². The lowest BCUT2D eigenvalue weighted by Gasteiger charge is -2.36. The Kier molecular flexibility index (Phi) is 7.10. The van der Waals surface area contributed by atoms with Crippen LogP contribution in [0.4, 0.5) is 10.1 Å². The smallest absolute Gasteiger partial charge is 0.269 e. The number of non-ortho nitro benzene ring substituents is 1. The van der Waals surface area contributed by atoms with Gasteiger partial charge in [-0.15, -0.1) is 16.5 Å². The van der Waals surface area contributed by atoms with E-state index in [1.165, 1.54) is 11.8 Å². The largest absolute Gasteiger partial charge is 0.598 e. The molecule has 0 bridgehead atoms. The van der Waals surface area contributed by atoms with Crippen LogP contribution in [0.3, 0.4) is 0 Å². The zero-order chi connectivity index (χ0) is 20.3. The number of thioether (sulfide) groups is 1. The third kappa shape index (κ3) is 5.84. The number of nitro benzene ring substituents is 1. The van der Waals surface area contributed by atoms with Gasteiger partial charge in [0.2, 0.25) is 0 Å². The molecule has 0 amide bonds. The van der Waals surface area contributed by atoms with Crippen LogP contribution in [0.1, 0.15) is 47.1 Å². The summed E-state index contributed by atoms with van der Waals surface area (Å²) in [7, 11) is 0. The van der Waals surface area contributed by atoms with Crippen molar-refractivity contribution in [3.63, 3.8) is 0 Å². The summed E-state index contributed by atoms with van der Waals surface area (Å²) in [5, 5.41) is 20.3. The summed E-state index contributed by atoms with van der Waals surface area (Å²) in [5.74, 6) is -0.431. The molecule has 0 saturated carbocycles. The molecule has 0 radical (unpaired) electrons. The van der Waals surface area contributed by atoms with Crippen LogP contribution in [-0.4, -0.2) is 24.7 Å². The fourth-order valence-corrected chi connectivity index (χ4v) is 3.86. The molecule has 1 aromatic carbocycles. The number of hydrogen-bond donors (Lipinski definition) is 1. The highest BCUT2D eigenvalue weighted by molar-refractivity contribution is 8.01. The molecule has 0 saturated heterocycles. The van der Waals surface area contributed by atoms with Crippen molar-refractivity contribution in [1.82, 2.24) is 4.72 Å². The minimum atomic E-state index is -1.55. The van der Waals surface area contributed by atoms with Crippen molar-refractivity contribution in [1.29, 1.82) is 5.26 Å². The van der Waals surface area contributed by atoms with Crippen molar-refractivity contribution in [2.75, 3.05) is 5.75 Å². The Balaban J connectivity index is 3.38. The highest BCUT2D eigenvalue weighted by Crippen LogP contribution is 2.36. The fourth-order valence-electron chi connectivity index (χ4n) is 1.93. The van der Waals surface area contributed by atoms with Gasteiger partial charge in [-0.25, -0.2) is 4.39 Å². The van der Waals surface area contributed by atoms with Gasteiger partial charge in [0.1, 0.15) is 10.6 Å². The second kappa shape index (κ2) is 8.13. The number of halogens is 1. The van der Waals surface area contributed by atoms with Crippen molar-refractivity contribution < 1.29 is 13.9 Å². The van der Waals surface area contributed by atoms with Gasteiger partial charge in [-0.1, -0.05) is 0 Å². The monoisotopic (exact) mass is 401 g/mol. The van der Waals surface area contributed by atoms with E-state index in [0.717, 1.165) is 18.2 Å². The molecule has 26 heavy (non-hydrogen) atoms. The molecule has 1 rings (SSSR count). The normalized spacial score (nSPS) is 15.8. The van der Waals surface area contributed by atoms with Crippen molar-refractivity contribution in [2.45, 2.75) is 56.6 Å². The summed E-state index contributed by atoms with van der Waals surface area (Å²) in [6.45, 7) is 10.4. The van der Waals surface area contributed by atoms with Gasteiger partial charge in [-0.05, 0) is 47.6 Å². The van der Waals surface area contributed by atoms with E-state index in [-0.39, 0.29) is 17.0 Å². The van der Waals surface area contributed by atoms with E-state index in [2.05, 4.69) is 10.8 Å². The minimum Gasteiger partial charge on any atom is -0.598 e. The third-order valence-corrected chi connectivity index (χ3v) is 6.90. The molecule has 2 atom stereocenters. The first-order valence-electron chi connectivity index (χ1n) is 7.91. The molecule has 0 fully saturated rings. The summed E-state index contributed by atoms with van der Waals surface area (Å²) in [6, 6.07) is 5.43. The summed E-state index contributed by atoms with van der Waals surface area (Å²) < 4.78 is 28.8. The van der Waals surface area contributed by atoms with Crippen molar-refractivity contribution in [3.8, 4) is 6.07 Å². The van der Waals surface area contributed by atoms with Crippen molar-refractivity contribution >= 4 is 28.8 Å². The first-order valence-corrected chi connectivity index (χ1v) is 10.0. The van der Waals surface area contributed by atoms with E-state index in [1.807, 2.05) is 0 Å². The molecule has 0 heterocycles. The van der Waals surface area contributed by atoms with Crippen LogP contribution in [0.15, 0.2) is 18.2 Å². The molecule has 144 valence electrons. The Bertz CT molecular complexity index is 716. The summed E-state index contributed by atoms with van der Waals surface area (Å²) >= 11 is -0.284. The number of benzene rings is 1. The Hall–Kier alpha value is -1.34. The number of nitrogens with zero attached hydrogens (tertiary/aromatic N) is 2. The molecule has 6 nitrogen and oxygen atoms in total. The summed E-state index contributed by atoms with van der Waals surface area (Å²) in [5.41, 5.74) is -1.38. The Morgan fingerprint density at radius 2 is 1.88 bits per heavy atom. The number of rotatable bonds is 7. The summed E-state index contributed by atoms with van der Waals surface area (Å²) in [6.07, 6.45) is 0. The second-order valence-electron chi connectivity index (χ2n) is 7.65. The summed E-state index contributed by atoms with van der Waals surface area (Å²) in [4.78, 5) is 10.5. The average Bonchev–Trinajstić information content (AvgIpc) is 2.52. The molecule has 0 aliphatic carbocycles. The lowest BCUT2D eigenvalue weighted by molar-refractivity contribution is -0.385. The molecule has 0 aliphatic heterocycles. The van der Waals surface area contributed by atoms with Crippen LogP contribution in [0, 0.1) is 27.3 Å². The van der Waals surface area contributed by atoms with Crippen LogP contribution in [0.2, 0.25) is 0 Å². The van der Waals surface area contributed by atoms with E-state index < -0.39 is 37.1 Å². The van der Waals surface area contributed by atoms with Crippen molar-refractivity contribution in [3.05, 3.63) is 39.7 Å². The average molecular weight is 402 g/mol. The van der Waals surface area contributed by atoms with Crippen LogP contribution >= 0.6 is 11.8 Å². The Morgan fingerprint density at radius 3 is 2.35 bits per heavy atom. The third-order valence-electron chi connectivity index (χ3n) is 3.62. The molecule has 0 aromatic heterocycles. The maximum absolute atomic E-state index is 14.5. The minimum absolute atomic E-state index is 0.0468. The SMILES string of the molecule is CC(C)(C#N)SC[C@](C)(N[S@+]([O-])C(C)(C)C)c1cc([N+](=O)[O-])ccc1F.